The number of halogens is 2. The summed E-state index contributed by atoms with van der Waals surface area (Å²) >= 11 is 14.2. The zero-order chi connectivity index (χ0) is 31.8. The molecule has 2 aliphatic rings. The zero-order valence-corrected chi connectivity index (χ0v) is 27.7. The second-order valence-electron chi connectivity index (χ2n) is 12.1. The van der Waals surface area contributed by atoms with Crippen LogP contribution in [0.5, 0.6) is 0 Å². The van der Waals surface area contributed by atoms with Gasteiger partial charge in [-0.15, -0.1) is 0 Å². The van der Waals surface area contributed by atoms with Gasteiger partial charge >= 0.3 is 0 Å². The molecule has 4 heterocycles. The van der Waals surface area contributed by atoms with E-state index >= 15 is 0 Å². The summed E-state index contributed by atoms with van der Waals surface area (Å²) < 4.78 is 5.42. The van der Waals surface area contributed by atoms with Crippen molar-refractivity contribution in [1.82, 2.24) is 29.7 Å². The lowest BCUT2D eigenvalue weighted by Crippen LogP contribution is -2.51. The third kappa shape index (κ3) is 6.49. The van der Waals surface area contributed by atoms with Gasteiger partial charge in [0, 0.05) is 96.8 Å². The Morgan fingerprint density at radius 2 is 1.16 bits per heavy atom. The van der Waals surface area contributed by atoms with Crippen LogP contribution in [0.4, 0.5) is 11.6 Å². The third-order valence-electron chi connectivity index (χ3n) is 8.28. The number of benzene rings is 2. The van der Waals surface area contributed by atoms with Crippen LogP contribution in [0.3, 0.4) is 0 Å². The molecule has 2 fully saturated rings. The van der Waals surface area contributed by atoms with Crippen LogP contribution in [0.1, 0.15) is 11.4 Å². The number of likely N-dealkylation sites (tertiary alicyclic amines) is 2. The van der Waals surface area contributed by atoms with Gasteiger partial charge in [-0.05, 0) is 0 Å². The Hall–Kier alpha value is -3.38. The molecular formula is C33H38Cl2N8O2. The summed E-state index contributed by atoms with van der Waals surface area (Å²) in [5, 5.41) is 10.8. The lowest BCUT2D eigenvalue weighted by atomic mass is 9.98. The number of methoxy groups -OCH3 is 1. The smallest absolute Gasteiger partial charge is 0.151 e. The molecule has 0 aliphatic carbocycles. The summed E-state index contributed by atoms with van der Waals surface area (Å²) in [5.74, 6) is 1.57. The average Bonchev–Trinajstić information content (AvgIpc) is 2.98. The van der Waals surface area contributed by atoms with Gasteiger partial charge < -0.3 is 19.6 Å². The Balaban J connectivity index is 1.31. The maximum Gasteiger partial charge on any atom is 0.151 e. The van der Waals surface area contributed by atoms with Crippen molar-refractivity contribution in [2.75, 3.05) is 71.3 Å². The number of nitrogens with zero attached hydrogens (tertiary/aromatic N) is 8. The Bertz CT molecular complexity index is 1690. The normalized spacial score (nSPS) is 16.0. The van der Waals surface area contributed by atoms with Crippen molar-refractivity contribution in [2.24, 2.45) is 0 Å². The first kappa shape index (κ1) is 31.6. The van der Waals surface area contributed by atoms with Gasteiger partial charge in [-0.2, -0.15) is 0 Å². The SMILES string of the molecule is COC1CN(Cc2ncc(-c3cccc(-c4cccc(-c5cnc(CN6CC(O)C6)c(N(C)C)n5)c4Cl)c3Cl)nc2N(C)C)C1. The van der Waals surface area contributed by atoms with Crippen LogP contribution >= 0.6 is 23.2 Å². The molecule has 2 aromatic carbocycles. The number of rotatable bonds is 10. The average molecular weight is 650 g/mol. The summed E-state index contributed by atoms with van der Waals surface area (Å²) in [4.78, 5) is 27.9. The minimum absolute atomic E-state index is 0.270. The molecule has 2 aliphatic heterocycles. The van der Waals surface area contributed by atoms with E-state index in [2.05, 4.69) is 9.80 Å². The van der Waals surface area contributed by atoms with E-state index in [4.69, 9.17) is 47.9 Å². The fourth-order valence-corrected chi connectivity index (χ4v) is 6.43. The summed E-state index contributed by atoms with van der Waals surface area (Å²) in [6.45, 7) is 4.39. The van der Waals surface area contributed by atoms with E-state index in [-0.39, 0.29) is 12.2 Å². The number of anilines is 2. The third-order valence-corrected chi connectivity index (χ3v) is 9.10. The molecule has 6 rings (SSSR count). The van der Waals surface area contributed by atoms with E-state index in [9.17, 15) is 5.11 Å². The van der Waals surface area contributed by atoms with Crippen molar-refractivity contribution >= 4 is 34.8 Å². The van der Waals surface area contributed by atoms with E-state index in [1.807, 2.05) is 74.4 Å². The molecule has 0 amide bonds. The Labute approximate surface area is 274 Å². The Morgan fingerprint density at radius 3 is 1.56 bits per heavy atom. The number of hydrogen-bond donors (Lipinski definition) is 1. The quantitative estimate of drug-likeness (QED) is 0.260. The number of ether oxygens (including phenoxy) is 1. The van der Waals surface area contributed by atoms with Crippen LogP contribution in [0.15, 0.2) is 48.8 Å². The molecule has 0 saturated carbocycles. The van der Waals surface area contributed by atoms with Crippen molar-refractivity contribution in [3.05, 3.63) is 70.2 Å². The van der Waals surface area contributed by atoms with E-state index in [1.54, 1.807) is 19.5 Å². The summed E-state index contributed by atoms with van der Waals surface area (Å²) in [7, 11) is 9.59. The summed E-state index contributed by atoms with van der Waals surface area (Å²) in [6.07, 6.45) is 3.56. The highest BCUT2D eigenvalue weighted by Crippen LogP contribution is 2.42. The lowest BCUT2D eigenvalue weighted by Gasteiger charge is -2.38. The van der Waals surface area contributed by atoms with E-state index in [0.717, 1.165) is 58.4 Å². The van der Waals surface area contributed by atoms with Crippen molar-refractivity contribution in [1.29, 1.82) is 0 Å². The molecule has 10 nitrogen and oxygen atoms in total. The standard InChI is InChI=1S/C33H38Cl2N8O2/c1-40(2)32-28(18-42-14-20(44)15-42)36-12-26(38-32)24-10-6-8-22(30(24)34)23-9-7-11-25(31(23)35)27-13-37-29(33(39-27)41(3)4)19-43-16-21(17-43)45-5/h6-13,20-21,44H,14-19H2,1-5H3. The van der Waals surface area contributed by atoms with Gasteiger partial charge in [-0.3, -0.25) is 19.8 Å². The molecule has 0 unspecified atom stereocenters. The monoisotopic (exact) mass is 648 g/mol. The maximum atomic E-state index is 9.69. The van der Waals surface area contributed by atoms with Gasteiger partial charge in [-0.25, -0.2) is 9.97 Å². The lowest BCUT2D eigenvalue weighted by molar-refractivity contribution is -0.0338. The highest BCUT2D eigenvalue weighted by molar-refractivity contribution is 6.39. The van der Waals surface area contributed by atoms with Gasteiger partial charge in [0.1, 0.15) is 0 Å². The topological polar surface area (TPSA) is 94.0 Å². The zero-order valence-electron chi connectivity index (χ0n) is 26.2. The van der Waals surface area contributed by atoms with E-state index in [1.165, 1.54) is 0 Å². The molecule has 2 saturated heterocycles. The first-order valence-corrected chi connectivity index (χ1v) is 15.7. The van der Waals surface area contributed by atoms with Gasteiger partial charge in [0.15, 0.2) is 11.6 Å². The van der Waals surface area contributed by atoms with Gasteiger partial charge in [-0.1, -0.05) is 59.6 Å². The number of aromatic nitrogens is 4. The predicted molar refractivity (Wildman–Crippen MR) is 180 cm³/mol. The van der Waals surface area contributed by atoms with Crippen molar-refractivity contribution < 1.29 is 9.84 Å². The minimum Gasteiger partial charge on any atom is -0.390 e. The fourth-order valence-electron chi connectivity index (χ4n) is 5.78. The summed E-state index contributed by atoms with van der Waals surface area (Å²) in [5.41, 5.74) is 6.23. The minimum atomic E-state index is -0.270. The first-order valence-electron chi connectivity index (χ1n) is 14.9. The van der Waals surface area contributed by atoms with Gasteiger partial charge in [0.2, 0.25) is 0 Å². The first-order chi connectivity index (χ1) is 21.6. The second-order valence-corrected chi connectivity index (χ2v) is 12.8. The molecule has 1 N–H and O–H groups in total. The van der Waals surface area contributed by atoms with Crippen molar-refractivity contribution in [3.8, 4) is 33.6 Å². The van der Waals surface area contributed by atoms with Crippen molar-refractivity contribution in [3.63, 3.8) is 0 Å². The second kappa shape index (κ2) is 13.2. The van der Waals surface area contributed by atoms with E-state index in [0.29, 0.717) is 47.6 Å². The highest BCUT2D eigenvalue weighted by atomic mass is 35.5. The molecule has 4 aromatic rings. The molecule has 0 radical (unpaired) electrons. The van der Waals surface area contributed by atoms with Crippen molar-refractivity contribution in [2.45, 2.75) is 25.3 Å². The van der Waals surface area contributed by atoms with Gasteiger partial charge in [0.25, 0.3) is 0 Å². The molecule has 45 heavy (non-hydrogen) atoms. The van der Waals surface area contributed by atoms with Crippen LogP contribution < -0.4 is 9.80 Å². The van der Waals surface area contributed by atoms with Gasteiger partial charge in [0.05, 0.1) is 57.4 Å². The highest BCUT2D eigenvalue weighted by Gasteiger charge is 2.29. The number of β-amino-alcohol motifs (C(OH)–C–C–N with tert-alkyl or cyclic N) is 1. The molecule has 236 valence electrons. The molecule has 0 spiro atoms. The van der Waals surface area contributed by atoms with Crippen LogP contribution in [0.25, 0.3) is 33.6 Å². The van der Waals surface area contributed by atoms with E-state index < -0.39 is 0 Å². The predicted octanol–water partition coefficient (Wildman–Crippen LogP) is 4.71. The molecule has 0 atom stereocenters. The fraction of sp³-hybridized carbons (Fsp3) is 0.394. The summed E-state index contributed by atoms with van der Waals surface area (Å²) in [6, 6.07) is 11.7. The molecule has 0 bridgehead atoms. The Morgan fingerprint density at radius 1 is 0.733 bits per heavy atom. The number of hydrogen-bond acceptors (Lipinski definition) is 10. The molecule has 12 heteroatoms. The van der Waals surface area contributed by atoms with Crippen LogP contribution in [0.2, 0.25) is 10.0 Å². The Kier molecular flexibility index (Phi) is 9.24. The molecule has 2 aromatic heterocycles. The van der Waals surface area contributed by atoms with Crippen LogP contribution in [-0.2, 0) is 17.8 Å². The number of aliphatic hydroxyl groups excluding tert-OH is 1. The van der Waals surface area contributed by atoms with Crippen LogP contribution in [-0.4, -0.2) is 109 Å². The van der Waals surface area contributed by atoms with Crippen LogP contribution in [0, 0.1) is 0 Å². The largest absolute Gasteiger partial charge is 0.390 e. The maximum absolute atomic E-state index is 9.69. The number of aliphatic hydroxyl groups is 1. The molecular weight excluding hydrogens is 611 g/mol.